The summed E-state index contributed by atoms with van der Waals surface area (Å²) in [6.07, 6.45) is 6.19. The summed E-state index contributed by atoms with van der Waals surface area (Å²) < 4.78 is 26.0. The van der Waals surface area contributed by atoms with Crippen LogP contribution in [-0.4, -0.2) is 67.9 Å². The lowest BCUT2D eigenvalue weighted by molar-refractivity contribution is -0.137. The van der Waals surface area contributed by atoms with Crippen LogP contribution in [0.4, 0.5) is 9.18 Å². The van der Waals surface area contributed by atoms with Gasteiger partial charge in [-0.05, 0) is 44.2 Å². The predicted octanol–water partition coefficient (Wildman–Crippen LogP) is 3.75. The summed E-state index contributed by atoms with van der Waals surface area (Å²) in [5.74, 6) is -0.462. The molecule has 2 aromatic rings. The first kappa shape index (κ1) is 25.4. The Morgan fingerprint density at radius 1 is 1.29 bits per heavy atom. The highest BCUT2D eigenvalue weighted by molar-refractivity contribution is 5.68. The lowest BCUT2D eigenvalue weighted by atomic mass is 10.1. The molecule has 0 aromatic carbocycles. The molecule has 10 nitrogen and oxygen atoms in total. The van der Waals surface area contributed by atoms with E-state index in [0.717, 1.165) is 25.7 Å². The number of rotatable bonds is 12. The minimum atomic E-state index is -0.864. The third-order valence-electron chi connectivity index (χ3n) is 6.06. The Bertz CT molecular complexity index is 946. The summed E-state index contributed by atoms with van der Waals surface area (Å²) in [4.78, 5) is 29.1. The van der Waals surface area contributed by atoms with Crippen LogP contribution in [0, 0.1) is 0 Å². The topological polar surface area (TPSA) is 120 Å². The Morgan fingerprint density at radius 2 is 2.06 bits per heavy atom. The highest BCUT2D eigenvalue weighted by Crippen LogP contribution is 2.25. The molecule has 1 saturated carbocycles. The number of halogens is 1. The van der Waals surface area contributed by atoms with Crippen LogP contribution in [0.3, 0.4) is 0 Å². The molecule has 186 valence electrons. The number of ether oxygens (including phenoxy) is 2. The summed E-state index contributed by atoms with van der Waals surface area (Å²) in [7, 11) is 3.48. The molecule has 0 saturated heterocycles. The summed E-state index contributed by atoms with van der Waals surface area (Å²) in [6.45, 7) is -0.668. The zero-order valence-corrected chi connectivity index (χ0v) is 19.7. The minimum Gasteiger partial charge on any atom is -0.486 e. The first-order chi connectivity index (χ1) is 16.4. The number of hydrogen-bond donors (Lipinski definition) is 1. The molecule has 0 radical (unpaired) electrons. The molecule has 1 N–H and O–H groups in total. The average Bonchev–Trinajstić information content (AvgIpc) is 3.49. The second-order valence-corrected chi connectivity index (χ2v) is 8.52. The van der Waals surface area contributed by atoms with Crippen LogP contribution < -0.4 is 4.74 Å². The van der Waals surface area contributed by atoms with Crippen LogP contribution >= 0.6 is 0 Å². The maximum atomic E-state index is 13.3. The third-order valence-corrected chi connectivity index (χ3v) is 6.06. The molecule has 2 aromatic heterocycles. The second-order valence-electron chi connectivity index (χ2n) is 8.52. The summed E-state index contributed by atoms with van der Waals surface area (Å²) in [6, 6.07) is 3.58. The number of carboxylic acid groups (broad SMARTS) is 1. The molecule has 1 aliphatic rings. The van der Waals surface area contributed by atoms with Gasteiger partial charge in [-0.3, -0.25) is 9.78 Å². The maximum absolute atomic E-state index is 13.3. The van der Waals surface area contributed by atoms with Gasteiger partial charge in [0.05, 0.1) is 11.9 Å². The van der Waals surface area contributed by atoms with Crippen LogP contribution in [0.1, 0.15) is 57.1 Å². The largest absolute Gasteiger partial charge is 0.486 e. The summed E-state index contributed by atoms with van der Waals surface area (Å²) in [5, 5.41) is 16.9. The summed E-state index contributed by atoms with van der Waals surface area (Å²) in [5.41, 5.74) is 1.62. The van der Waals surface area contributed by atoms with Gasteiger partial charge < -0.3 is 19.5 Å². The number of unbranched alkanes of at least 4 members (excludes halogenated alkanes) is 1. The van der Waals surface area contributed by atoms with Crippen molar-refractivity contribution in [1.82, 2.24) is 24.9 Å². The average molecular weight is 478 g/mol. The smallest absolute Gasteiger partial charge is 0.410 e. The number of aromatic nitrogens is 4. The van der Waals surface area contributed by atoms with Crippen molar-refractivity contribution >= 4 is 12.1 Å². The number of nitrogens with zero attached hydrogens (tertiary/aromatic N) is 5. The number of hydrogen-bond acceptors (Lipinski definition) is 7. The van der Waals surface area contributed by atoms with Gasteiger partial charge in [0.25, 0.3) is 0 Å². The number of aryl methyl sites for hydroxylation is 1. The fourth-order valence-electron chi connectivity index (χ4n) is 4.01. The zero-order valence-electron chi connectivity index (χ0n) is 19.7. The Balaban J connectivity index is 1.58. The van der Waals surface area contributed by atoms with Gasteiger partial charge >= 0.3 is 12.1 Å². The van der Waals surface area contributed by atoms with Crippen molar-refractivity contribution in [2.24, 2.45) is 7.05 Å². The van der Waals surface area contributed by atoms with Gasteiger partial charge in [0.2, 0.25) is 0 Å². The van der Waals surface area contributed by atoms with Crippen molar-refractivity contribution in [2.45, 2.75) is 70.1 Å². The lowest BCUT2D eigenvalue weighted by Crippen LogP contribution is -2.35. The van der Waals surface area contributed by atoms with Crippen molar-refractivity contribution in [2.75, 3.05) is 13.7 Å². The van der Waals surface area contributed by atoms with Crippen LogP contribution in [0.5, 0.6) is 5.75 Å². The standard InChI is InChI=1S/C23H32FN5O5/c1-28(16-7-3-4-8-16)23(32)33-15-20-22(26-27-29(20)2)19-12-11-18(14-25-19)34-17(13-24)9-5-6-10-21(30)31/h11-12,14,16-17H,3-10,13,15H2,1-2H3,(H,30,31)/t17-/m0/s1. The van der Waals surface area contributed by atoms with Gasteiger partial charge in [0.1, 0.15) is 36.5 Å². The van der Waals surface area contributed by atoms with Crippen LogP contribution in [0.15, 0.2) is 18.3 Å². The number of pyridine rings is 1. The quantitative estimate of drug-likeness (QED) is 0.459. The normalized spacial score (nSPS) is 14.7. The van der Waals surface area contributed by atoms with E-state index in [4.69, 9.17) is 14.6 Å². The van der Waals surface area contributed by atoms with Crippen molar-refractivity contribution in [3.63, 3.8) is 0 Å². The number of aliphatic carboxylic acids is 1. The minimum absolute atomic E-state index is 0.00886. The van der Waals surface area contributed by atoms with Gasteiger partial charge in [-0.2, -0.15) is 0 Å². The second kappa shape index (κ2) is 12.3. The maximum Gasteiger partial charge on any atom is 0.410 e. The Hall–Kier alpha value is -3.24. The van der Waals surface area contributed by atoms with Crippen molar-refractivity contribution in [3.05, 3.63) is 24.0 Å². The van der Waals surface area contributed by atoms with Gasteiger partial charge in [-0.1, -0.05) is 18.1 Å². The SMILES string of the molecule is CN(C(=O)OCc1c(-c2ccc(O[C@H](CF)CCCCC(=O)O)cn2)nnn1C)C1CCCC1. The Morgan fingerprint density at radius 3 is 2.71 bits per heavy atom. The van der Waals surface area contributed by atoms with Crippen LogP contribution in [-0.2, 0) is 23.2 Å². The van der Waals surface area contributed by atoms with E-state index >= 15 is 0 Å². The van der Waals surface area contributed by atoms with Gasteiger partial charge in [-0.25, -0.2) is 13.9 Å². The van der Waals surface area contributed by atoms with E-state index in [1.54, 1.807) is 35.8 Å². The van der Waals surface area contributed by atoms with E-state index < -0.39 is 18.7 Å². The van der Waals surface area contributed by atoms with E-state index in [2.05, 4.69) is 15.3 Å². The van der Waals surface area contributed by atoms with Gasteiger partial charge in [0.15, 0.2) is 0 Å². The number of carbonyl (C=O) groups excluding carboxylic acids is 1. The zero-order chi connectivity index (χ0) is 24.5. The lowest BCUT2D eigenvalue weighted by Gasteiger charge is -2.23. The molecular weight excluding hydrogens is 445 g/mol. The molecular formula is C23H32FN5O5. The Kier molecular flexibility index (Phi) is 9.17. The predicted molar refractivity (Wildman–Crippen MR) is 121 cm³/mol. The fraction of sp³-hybridized carbons (Fsp3) is 0.609. The molecule has 3 rings (SSSR count). The number of carboxylic acids is 1. The monoisotopic (exact) mass is 477 g/mol. The third kappa shape index (κ3) is 6.88. The van der Waals surface area contributed by atoms with E-state index in [-0.39, 0.29) is 25.2 Å². The molecule has 0 spiro atoms. The van der Waals surface area contributed by atoms with Gasteiger partial charge in [0, 0.05) is 26.6 Å². The molecule has 1 fully saturated rings. The number of amides is 1. The molecule has 0 unspecified atom stereocenters. The Labute approximate surface area is 198 Å². The van der Waals surface area contributed by atoms with E-state index in [1.165, 1.54) is 6.20 Å². The van der Waals surface area contributed by atoms with E-state index in [1.807, 2.05) is 0 Å². The van der Waals surface area contributed by atoms with Crippen molar-refractivity contribution in [1.29, 1.82) is 0 Å². The molecule has 2 heterocycles. The molecule has 0 bridgehead atoms. The molecule has 11 heteroatoms. The van der Waals surface area contributed by atoms with Crippen molar-refractivity contribution < 1.29 is 28.6 Å². The molecule has 1 atom stereocenters. The van der Waals surface area contributed by atoms with Crippen molar-refractivity contribution in [3.8, 4) is 17.1 Å². The highest BCUT2D eigenvalue weighted by Gasteiger charge is 2.25. The molecule has 0 aliphatic heterocycles. The number of carbonyl (C=O) groups is 2. The fourth-order valence-corrected chi connectivity index (χ4v) is 4.01. The van der Waals surface area contributed by atoms with E-state index in [9.17, 15) is 14.0 Å². The van der Waals surface area contributed by atoms with Gasteiger partial charge in [-0.15, -0.1) is 5.10 Å². The summed E-state index contributed by atoms with van der Waals surface area (Å²) >= 11 is 0. The highest BCUT2D eigenvalue weighted by atomic mass is 19.1. The molecule has 34 heavy (non-hydrogen) atoms. The van der Waals surface area contributed by atoms with Crippen LogP contribution in [0.2, 0.25) is 0 Å². The first-order valence-corrected chi connectivity index (χ1v) is 11.6. The van der Waals surface area contributed by atoms with E-state index in [0.29, 0.717) is 42.1 Å². The molecule has 1 aliphatic carbocycles. The molecule has 1 amide bonds. The van der Waals surface area contributed by atoms with Crippen LogP contribution in [0.25, 0.3) is 11.4 Å². The number of alkyl halides is 1. The first-order valence-electron chi connectivity index (χ1n) is 11.6.